The van der Waals surface area contributed by atoms with Gasteiger partial charge in [-0.2, -0.15) is 0 Å². The molecule has 3 aromatic rings. The summed E-state index contributed by atoms with van der Waals surface area (Å²) in [6.07, 6.45) is 1.50. The Kier molecular flexibility index (Phi) is 4.51. The van der Waals surface area contributed by atoms with E-state index in [2.05, 4.69) is 10.2 Å². The molecule has 0 unspecified atom stereocenters. The van der Waals surface area contributed by atoms with Crippen LogP contribution < -0.4 is 5.56 Å². The molecular weight excluding hydrogens is 310 g/mol. The fourth-order valence-corrected chi connectivity index (χ4v) is 2.11. The van der Waals surface area contributed by atoms with Crippen LogP contribution in [-0.2, 0) is 22.7 Å². The second kappa shape index (κ2) is 6.91. The molecule has 2 aromatic heterocycles. The normalized spacial score (nSPS) is 10.5. The second-order valence-electron chi connectivity index (χ2n) is 5.15. The quantitative estimate of drug-likeness (QED) is 0.666. The van der Waals surface area contributed by atoms with Crippen LogP contribution >= 0.6 is 0 Å². The third kappa shape index (κ3) is 3.75. The highest BCUT2D eigenvalue weighted by Gasteiger charge is 2.10. The zero-order valence-electron chi connectivity index (χ0n) is 13.0. The minimum atomic E-state index is -0.484. The Morgan fingerprint density at radius 2 is 2.00 bits per heavy atom. The number of hydrogen-bond acceptors (Lipinski definition) is 6. The Morgan fingerprint density at radius 1 is 1.21 bits per heavy atom. The van der Waals surface area contributed by atoms with Gasteiger partial charge in [0.1, 0.15) is 13.2 Å². The van der Waals surface area contributed by atoms with E-state index in [9.17, 15) is 9.59 Å². The highest BCUT2D eigenvalue weighted by molar-refractivity contribution is 5.69. The Morgan fingerprint density at radius 3 is 2.67 bits per heavy atom. The molecule has 0 aliphatic carbocycles. The lowest BCUT2D eigenvalue weighted by molar-refractivity contribution is -0.145. The van der Waals surface area contributed by atoms with E-state index in [1.807, 2.05) is 30.3 Å². The summed E-state index contributed by atoms with van der Waals surface area (Å²) in [5.74, 6) is 0.199. The van der Waals surface area contributed by atoms with Crippen LogP contribution in [0.1, 0.15) is 11.5 Å². The molecule has 0 fully saturated rings. The predicted octanol–water partition coefficient (Wildman–Crippen LogP) is 1.95. The van der Waals surface area contributed by atoms with Gasteiger partial charge in [-0.1, -0.05) is 30.3 Å². The van der Waals surface area contributed by atoms with Crippen molar-refractivity contribution in [2.75, 3.05) is 0 Å². The van der Waals surface area contributed by atoms with E-state index in [0.717, 1.165) is 5.56 Å². The average Bonchev–Trinajstić information content (AvgIpc) is 3.02. The Balaban J connectivity index is 1.65. The van der Waals surface area contributed by atoms with Crippen molar-refractivity contribution in [1.82, 2.24) is 14.8 Å². The van der Waals surface area contributed by atoms with Crippen molar-refractivity contribution >= 4 is 5.97 Å². The van der Waals surface area contributed by atoms with E-state index in [-0.39, 0.29) is 24.6 Å². The summed E-state index contributed by atoms with van der Waals surface area (Å²) in [6.45, 7) is 1.68. The topological polar surface area (TPSA) is 87.2 Å². The van der Waals surface area contributed by atoms with E-state index in [1.54, 1.807) is 13.0 Å². The van der Waals surface area contributed by atoms with Gasteiger partial charge in [-0.3, -0.25) is 9.59 Å². The third-order valence-electron chi connectivity index (χ3n) is 3.31. The molecule has 0 aliphatic heterocycles. The van der Waals surface area contributed by atoms with Crippen molar-refractivity contribution in [3.8, 4) is 11.5 Å². The molecule has 3 rings (SSSR count). The first-order chi connectivity index (χ1) is 11.6. The number of benzene rings is 1. The molecule has 1 aromatic carbocycles. The standard InChI is InChI=1S/C17H15N3O4/c1-12-18-19-17(24-12)14-7-8-20(15(21)9-14)10-16(22)23-11-13-5-3-2-4-6-13/h2-9H,10-11H2,1H3. The minimum Gasteiger partial charge on any atom is -0.459 e. The van der Waals surface area contributed by atoms with Crippen molar-refractivity contribution in [3.63, 3.8) is 0 Å². The van der Waals surface area contributed by atoms with Gasteiger partial charge in [0.15, 0.2) is 0 Å². The maximum Gasteiger partial charge on any atom is 0.326 e. The molecule has 0 atom stereocenters. The summed E-state index contributed by atoms with van der Waals surface area (Å²) in [5, 5.41) is 7.57. The van der Waals surface area contributed by atoms with Gasteiger partial charge in [-0.15, -0.1) is 10.2 Å². The zero-order chi connectivity index (χ0) is 16.9. The van der Waals surface area contributed by atoms with Crippen molar-refractivity contribution in [2.24, 2.45) is 0 Å². The number of hydrogen-bond donors (Lipinski definition) is 0. The Labute approximate surface area is 137 Å². The lowest BCUT2D eigenvalue weighted by Gasteiger charge is -2.07. The number of ether oxygens (including phenoxy) is 1. The van der Waals surface area contributed by atoms with Crippen LogP contribution in [0.15, 0.2) is 57.9 Å². The predicted molar refractivity (Wildman–Crippen MR) is 85.0 cm³/mol. The average molecular weight is 325 g/mol. The molecule has 0 saturated carbocycles. The Bertz CT molecular complexity index is 899. The van der Waals surface area contributed by atoms with Crippen LogP contribution in [0, 0.1) is 6.92 Å². The number of carbonyl (C=O) groups excluding carboxylic acids is 1. The maximum atomic E-state index is 12.1. The van der Waals surface area contributed by atoms with Gasteiger partial charge >= 0.3 is 5.97 Å². The Hall–Kier alpha value is -3.22. The number of pyridine rings is 1. The number of aromatic nitrogens is 3. The lowest BCUT2D eigenvalue weighted by Crippen LogP contribution is -2.24. The van der Waals surface area contributed by atoms with Crippen LogP contribution in [-0.4, -0.2) is 20.7 Å². The first kappa shape index (κ1) is 15.7. The van der Waals surface area contributed by atoms with E-state index in [4.69, 9.17) is 9.15 Å². The van der Waals surface area contributed by atoms with Crippen molar-refractivity contribution in [1.29, 1.82) is 0 Å². The summed E-state index contributed by atoms with van der Waals surface area (Å²) in [6, 6.07) is 12.3. The number of esters is 1. The zero-order valence-corrected chi connectivity index (χ0v) is 13.0. The number of aryl methyl sites for hydroxylation is 1. The molecule has 7 nitrogen and oxygen atoms in total. The molecular formula is C17H15N3O4. The number of rotatable bonds is 5. The molecule has 122 valence electrons. The van der Waals surface area contributed by atoms with Gasteiger partial charge in [0, 0.05) is 24.8 Å². The first-order valence-electron chi connectivity index (χ1n) is 7.32. The largest absolute Gasteiger partial charge is 0.459 e. The van der Waals surface area contributed by atoms with Gasteiger partial charge in [0.05, 0.1) is 0 Å². The van der Waals surface area contributed by atoms with E-state index in [0.29, 0.717) is 11.5 Å². The molecule has 2 heterocycles. The summed E-state index contributed by atoms with van der Waals surface area (Å²) in [5.41, 5.74) is 1.05. The monoisotopic (exact) mass is 325 g/mol. The molecule has 0 spiro atoms. The van der Waals surface area contributed by atoms with Crippen molar-refractivity contribution in [3.05, 3.63) is 70.5 Å². The molecule has 0 amide bonds. The van der Waals surface area contributed by atoms with Crippen LogP contribution in [0.4, 0.5) is 0 Å². The second-order valence-corrected chi connectivity index (χ2v) is 5.15. The van der Waals surface area contributed by atoms with E-state index in [1.165, 1.54) is 16.8 Å². The molecule has 7 heteroatoms. The minimum absolute atomic E-state index is 0.158. The first-order valence-corrected chi connectivity index (χ1v) is 7.32. The van der Waals surface area contributed by atoms with Crippen LogP contribution in [0.3, 0.4) is 0 Å². The lowest BCUT2D eigenvalue weighted by atomic mass is 10.2. The summed E-state index contributed by atoms with van der Waals surface area (Å²) >= 11 is 0. The smallest absolute Gasteiger partial charge is 0.326 e. The highest BCUT2D eigenvalue weighted by Crippen LogP contribution is 2.14. The van der Waals surface area contributed by atoms with Crippen LogP contribution in [0.2, 0.25) is 0 Å². The van der Waals surface area contributed by atoms with Crippen LogP contribution in [0.25, 0.3) is 11.5 Å². The van der Waals surface area contributed by atoms with Crippen LogP contribution in [0.5, 0.6) is 0 Å². The SMILES string of the molecule is Cc1nnc(-c2ccn(CC(=O)OCc3ccccc3)c(=O)c2)o1. The number of carbonyl (C=O) groups is 1. The van der Waals surface area contributed by atoms with E-state index < -0.39 is 5.97 Å². The summed E-state index contributed by atoms with van der Waals surface area (Å²) in [4.78, 5) is 24.0. The number of nitrogens with zero attached hydrogens (tertiary/aromatic N) is 3. The molecule has 0 N–H and O–H groups in total. The molecule has 0 bridgehead atoms. The van der Waals surface area contributed by atoms with Gasteiger partial charge in [0.25, 0.3) is 5.56 Å². The summed E-state index contributed by atoms with van der Waals surface area (Å²) < 4.78 is 11.7. The fourth-order valence-electron chi connectivity index (χ4n) is 2.11. The van der Waals surface area contributed by atoms with Crippen molar-refractivity contribution in [2.45, 2.75) is 20.1 Å². The van der Waals surface area contributed by atoms with E-state index >= 15 is 0 Å². The van der Waals surface area contributed by atoms with Gasteiger partial charge in [-0.05, 0) is 11.6 Å². The van der Waals surface area contributed by atoms with Gasteiger partial charge in [0.2, 0.25) is 11.8 Å². The molecule has 24 heavy (non-hydrogen) atoms. The van der Waals surface area contributed by atoms with Gasteiger partial charge < -0.3 is 13.7 Å². The molecule has 0 radical (unpaired) electrons. The van der Waals surface area contributed by atoms with Crippen molar-refractivity contribution < 1.29 is 13.9 Å². The summed E-state index contributed by atoms with van der Waals surface area (Å²) in [7, 11) is 0. The molecule has 0 saturated heterocycles. The third-order valence-corrected chi connectivity index (χ3v) is 3.31. The maximum absolute atomic E-state index is 12.1. The van der Waals surface area contributed by atoms with Gasteiger partial charge in [-0.25, -0.2) is 0 Å². The fraction of sp³-hybridized carbons (Fsp3) is 0.176. The molecule has 0 aliphatic rings. The highest BCUT2D eigenvalue weighted by atomic mass is 16.5.